The molecule has 8 nitrogen and oxygen atoms in total. The van der Waals surface area contributed by atoms with E-state index in [9.17, 15) is 4.79 Å². The van der Waals surface area contributed by atoms with Crippen molar-refractivity contribution in [3.8, 4) is 5.88 Å². The predicted octanol–water partition coefficient (Wildman–Crippen LogP) is 3.47. The predicted molar refractivity (Wildman–Crippen MR) is 133 cm³/mol. The van der Waals surface area contributed by atoms with E-state index in [-0.39, 0.29) is 24.0 Å². The van der Waals surface area contributed by atoms with Crippen LogP contribution in [0, 0.1) is 0 Å². The van der Waals surface area contributed by atoms with Gasteiger partial charge in [0.15, 0.2) is 5.96 Å². The minimum atomic E-state index is -0.511. The number of aromatic nitrogens is 1. The van der Waals surface area contributed by atoms with Crippen LogP contribution in [0.2, 0.25) is 0 Å². The van der Waals surface area contributed by atoms with E-state index >= 15 is 0 Å². The molecular formula is C22H32IN5O3. The molecule has 0 saturated heterocycles. The highest BCUT2D eigenvalue weighted by molar-refractivity contribution is 14.0. The molecule has 0 spiro atoms. The molecule has 31 heavy (non-hydrogen) atoms. The summed E-state index contributed by atoms with van der Waals surface area (Å²) in [6.45, 7) is 7.44. The molecule has 0 fully saturated rings. The summed E-state index contributed by atoms with van der Waals surface area (Å²) in [5, 5.41) is 9.06. The minimum absolute atomic E-state index is 0. The van der Waals surface area contributed by atoms with Crippen molar-refractivity contribution in [3.05, 3.63) is 59.8 Å². The Bertz CT molecular complexity index is 825. The van der Waals surface area contributed by atoms with E-state index in [1.54, 1.807) is 13.2 Å². The van der Waals surface area contributed by atoms with Gasteiger partial charge in [-0.05, 0) is 38.0 Å². The first-order chi connectivity index (χ1) is 14.4. The summed E-state index contributed by atoms with van der Waals surface area (Å²) in [6, 6.07) is 13.8. The molecule has 2 aromatic rings. The van der Waals surface area contributed by atoms with Gasteiger partial charge >= 0.3 is 6.09 Å². The number of nitrogens with zero attached hydrogens (tertiary/aromatic N) is 2. The summed E-state index contributed by atoms with van der Waals surface area (Å²) >= 11 is 0. The maximum absolute atomic E-state index is 11.6. The topological polar surface area (TPSA) is 96.9 Å². The van der Waals surface area contributed by atoms with E-state index < -0.39 is 11.7 Å². The summed E-state index contributed by atoms with van der Waals surface area (Å²) in [6.07, 6.45) is 1.28. The van der Waals surface area contributed by atoms with Gasteiger partial charge in [0, 0.05) is 38.9 Å². The summed E-state index contributed by atoms with van der Waals surface area (Å²) in [5.74, 6) is 1.20. The standard InChI is InChI=1S/C22H31N5O3.HI/c1-22(2,3)30-21(28)26-13-12-25-20(23-4)27-15-18-10-11-24-19(14-18)29-16-17-8-6-5-7-9-17;/h5-11,14H,12-13,15-16H2,1-4H3,(H,26,28)(H2,23,25,27);1H. The average molecular weight is 541 g/mol. The van der Waals surface area contributed by atoms with Crippen LogP contribution in [0.1, 0.15) is 31.9 Å². The fourth-order valence-corrected chi connectivity index (χ4v) is 2.44. The molecule has 2 rings (SSSR count). The molecule has 0 atom stereocenters. The smallest absolute Gasteiger partial charge is 0.407 e. The number of hydrogen-bond acceptors (Lipinski definition) is 5. The lowest BCUT2D eigenvalue weighted by Crippen LogP contribution is -2.42. The zero-order chi connectivity index (χ0) is 21.8. The number of aliphatic imine (C=N–C) groups is 1. The summed E-state index contributed by atoms with van der Waals surface area (Å²) < 4.78 is 11.0. The number of carbonyl (C=O) groups is 1. The molecule has 1 aromatic heterocycles. The van der Waals surface area contributed by atoms with Crippen LogP contribution in [0.25, 0.3) is 0 Å². The number of ether oxygens (including phenoxy) is 2. The van der Waals surface area contributed by atoms with Gasteiger partial charge in [0.2, 0.25) is 5.88 Å². The Kier molecular flexibility index (Phi) is 11.7. The number of pyridine rings is 1. The molecule has 0 bridgehead atoms. The first-order valence-corrected chi connectivity index (χ1v) is 9.89. The molecule has 1 heterocycles. The van der Waals surface area contributed by atoms with E-state index in [4.69, 9.17) is 9.47 Å². The van der Waals surface area contributed by atoms with Crippen LogP contribution in [0.3, 0.4) is 0 Å². The molecular weight excluding hydrogens is 509 g/mol. The van der Waals surface area contributed by atoms with Gasteiger partial charge in [0.25, 0.3) is 0 Å². The lowest BCUT2D eigenvalue weighted by Gasteiger charge is -2.20. The Balaban J connectivity index is 0.00000480. The van der Waals surface area contributed by atoms with Crippen molar-refractivity contribution in [3.63, 3.8) is 0 Å². The Labute approximate surface area is 201 Å². The fraction of sp³-hybridized carbons (Fsp3) is 0.409. The average Bonchev–Trinajstić information content (AvgIpc) is 2.71. The highest BCUT2D eigenvalue weighted by Crippen LogP contribution is 2.11. The fourth-order valence-electron chi connectivity index (χ4n) is 2.44. The lowest BCUT2D eigenvalue weighted by atomic mass is 10.2. The van der Waals surface area contributed by atoms with Crippen LogP contribution in [0.15, 0.2) is 53.7 Å². The number of halogens is 1. The SMILES string of the molecule is CN=C(NCCNC(=O)OC(C)(C)C)NCc1ccnc(OCc2ccccc2)c1.I. The molecule has 0 radical (unpaired) electrons. The van der Waals surface area contributed by atoms with E-state index in [0.29, 0.717) is 38.1 Å². The van der Waals surface area contributed by atoms with Gasteiger partial charge in [0.05, 0.1) is 0 Å². The van der Waals surface area contributed by atoms with Crippen molar-refractivity contribution in [2.24, 2.45) is 4.99 Å². The second-order valence-corrected chi connectivity index (χ2v) is 7.56. The third-order valence-electron chi connectivity index (χ3n) is 3.80. The molecule has 9 heteroatoms. The minimum Gasteiger partial charge on any atom is -0.473 e. The van der Waals surface area contributed by atoms with Crippen LogP contribution in [0.5, 0.6) is 5.88 Å². The Hall–Kier alpha value is -2.56. The quantitative estimate of drug-likeness (QED) is 0.205. The van der Waals surface area contributed by atoms with Crippen LogP contribution in [-0.4, -0.2) is 42.8 Å². The Morgan fingerprint density at radius 2 is 1.74 bits per heavy atom. The molecule has 0 aliphatic rings. The van der Waals surface area contributed by atoms with Crippen LogP contribution >= 0.6 is 24.0 Å². The molecule has 1 aromatic carbocycles. The van der Waals surface area contributed by atoms with Crippen molar-refractivity contribution in [2.45, 2.75) is 39.5 Å². The molecule has 170 valence electrons. The van der Waals surface area contributed by atoms with E-state index in [2.05, 4.69) is 25.9 Å². The van der Waals surface area contributed by atoms with E-state index in [1.807, 2.05) is 63.2 Å². The number of hydrogen-bond donors (Lipinski definition) is 3. The third kappa shape index (κ3) is 11.4. The maximum atomic E-state index is 11.6. The van der Waals surface area contributed by atoms with Gasteiger partial charge in [-0.2, -0.15) is 0 Å². The van der Waals surface area contributed by atoms with Crippen LogP contribution in [0.4, 0.5) is 4.79 Å². The molecule has 1 amide bonds. The van der Waals surface area contributed by atoms with Gasteiger partial charge in [-0.1, -0.05) is 30.3 Å². The normalized spacial score (nSPS) is 11.2. The second-order valence-electron chi connectivity index (χ2n) is 7.56. The largest absolute Gasteiger partial charge is 0.473 e. The van der Waals surface area contributed by atoms with Gasteiger partial charge in [0.1, 0.15) is 12.2 Å². The first kappa shape index (κ1) is 26.5. The number of rotatable bonds is 8. The number of alkyl carbamates (subject to hydrolysis) is 1. The molecule has 0 unspecified atom stereocenters. The Morgan fingerprint density at radius 1 is 1.03 bits per heavy atom. The van der Waals surface area contributed by atoms with Crippen molar-refractivity contribution in [1.82, 2.24) is 20.9 Å². The lowest BCUT2D eigenvalue weighted by molar-refractivity contribution is 0.0529. The summed E-state index contributed by atoms with van der Waals surface area (Å²) in [5.41, 5.74) is 1.60. The summed E-state index contributed by atoms with van der Waals surface area (Å²) in [4.78, 5) is 20.1. The van der Waals surface area contributed by atoms with Gasteiger partial charge in [-0.25, -0.2) is 9.78 Å². The molecule has 3 N–H and O–H groups in total. The molecule has 0 aliphatic heterocycles. The van der Waals surface area contributed by atoms with Crippen molar-refractivity contribution in [2.75, 3.05) is 20.1 Å². The van der Waals surface area contributed by atoms with E-state index in [1.165, 1.54) is 0 Å². The zero-order valence-corrected chi connectivity index (χ0v) is 20.8. The Morgan fingerprint density at radius 3 is 2.42 bits per heavy atom. The molecule has 0 aliphatic carbocycles. The number of benzene rings is 1. The van der Waals surface area contributed by atoms with Gasteiger partial charge < -0.3 is 25.4 Å². The van der Waals surface area contributed by atoms with Gasteiger partial charge in [-0.3, -0.25) is 4.99 Å². The number of guanidine groups is 1. The van der Waals surface area contributed by atoms with Gasteiger partial charge in [-0.15, -0.1) is 24.0 Å². The highest BCUT2D eigenvalue weighted by Gasteiger charge is 2.15. The van der Waals surface area contributed by atoms with Crippen molar-refractivity contribution < 1.29 is 14.3 Å². The van der Waals surface area contributed by atoms with Crippen LogP contribution < -0.4 is 20.7 Å². The summed E-state index contributed by atoms with van der Waals surface area (Å²) in [7, 11) is 1.69. The third-order valence-corrected chi connectivity index (χ3v) is 3.80. The van der Waals surface area contributed by atoms with E-state index in [0.717, 1.165) is 11.1 Å². The maximum Gasteiger partial charge on any atom is 0.407 e. The van der Waals surface area contributed by atoms with Crippen molar-refractivity contribution in [1.29, 1.82) is 0 Å². The molecule has 0 saturated carbocycles. The van der Waals surface area contributed by atoms with Crippen LogP contribution in [-0.2, 0) is 17.9 Å². The monoisotopic (exact) mass is 541 g/mol. The second kappa shape index (κ2) is 13.7. The van der Waals surface area contributed by atoms with Crippen molar-refractivity contribution >= 4 is 36.0 Å². The number of nitrogens with one attached hydrogen (secondary N) is 3. The highest BCUT2D eigenvalue weighted by atomic mass is 127. The number of amides is 1. The number of carbonyl (C=O) groups excluding carboxylic acids is 1. The first-order valence-electron chi connectivity index (χ1n) is 9.89. The zero-order valence-electron chi connectivity index (χ0n) is 18.5.